The van der Waals surface area contributed by atoms with Crippen molar-refractivity contribution in [1.82, 2.24) is 0 Å². The first-order valence-electron chi connectivity index (χ1n) is 7.74. The van der Waals surface area contributed by atoms with E-state index in [0.29, 0.717) is 11.3 Å². The average Bonchev–Trinajstić information content (AvgIpc) is 3.24. The van der Waals surface area contributed by atoms with Crippen molar-refractivity contribution in [3.8, 4) is 11.5 Å². The van der Waals surface area contributed by atoms with Crippen LogP contribution in [-0.4, -0.2) is 14.2 Å². The van der Waals surface area contributed by atoms with E-state index in [1.165, 1.54) is 42.7 Å². The van der Waals surface area contributed by atoms with Crippen molar-refractivity contribution in [3.05, 3.63) is 82.4 Å². The summed E-state index contributed by atoms with van der Waals surface area (Å²) in [7, 11) is -4.01. The smallest absolute Gasteiger partial charge is 0.339 e. The molecule has 4 rings (SSSR count). The largest absolute Gasteiger partial charge is 0.465 e. The van der Waals surface area contributed by atoms with E-state index in [1.54, 1.807) is 24.3 Å². The lowest BCUT2D eigenvalue weighted by molar-refractivity contribution is 0.101. The molecule has 0 fully saturated rings. The summed E-state index contributed by atoms with van der Waals surface area (Å²) < 4.78 is 41.4. The number of carbonyl (C=O) groups is 1. The highest BCUT2D eigenvalue weighted by Crippen LogP contribution is 2.35. The van der Waals surface area contributed by atoms with E-state index < -0.39 is 10.1 Å². The van der Waals surface area contributed by atoms with E-state index in [-0.39, 0.29) is 27.9 Å². The summed E-state index contributed by atoms with van der Waals surface area (Å²) in [5.41, 5.74) is 0.321. The fourth-order valence-corrected chi connectivity index (χ4v) is 3.68. The second-order valence-electron chi connectivity index (χ2n) is 5.60. The molecule has 3 aromatic rings. The predicted octanol–water partition coefficient (Wildman–Crippen LogP) is 4.43. The molecule has 0 radical (unpaired) electrons. The second kappa shape index (κ2) is 6.71. The van der Waals surface area contributed by atoms with Gasteiger partial charge in [-0.15, -0.1) is 0 Å². The number of hydrogen-bond donors (Lipinski definition) is 0. The van der Waals surface area contributed by atoms with Crippen LogP contribution >= 0.6 is 15.9 Å². The number of rotatable bonds is 4. The third kappa shape index (κ3) is 3.54. The molecule has 6 nitrogen and oxygen atoms in total. The lowest BCUT2D eigenvalue weighted by Crippen LogP contribution is -2.09. The number of benzene rings is 2. The molecule has 0 spiro atoms. The van der Waals surface area contributed by atoms with E-state index in [9.17, 15) is 13.2 Å². The minimum absolute atomic E-state index is 0.0154. The fraction of sp³-hybridized carbons (Fsp3) is 0. The monoisotopic (exact) mass is 446 g/mol. The summed E-state index contributed by atoms with van der Waals surface area (Å²) in [6.45, 7) is 0. The van der Waals surface area contributed by atoms with Gasteiger partial charge < -0.3 is 13.3 Å². The highest BCUT2D eigenvalue weighted by atomic mass is 79.9. The van der Waals surface area contributed by atoms with Crippen LogP contribution in [0.5, 0.6) is 11.5 Å². The lowest BCUT2D eigenvalue weighted by Gasteiger charge is -2.08. The molecular formula is C19H11BrO6S. The molecule has 136 valence electrons. The van der Waals surface area contributed by atoms with Crippen LogP contribution in [0, 0.1) is 0 Å². The molecule has 2 aromatic carbocycles. The molecule has 0 bridgehead atoms. The van der Waals surface area contributed by atoms with Gasteiger partial charge in [-0.1, -0.05) is 15.9 Å². The number of ketones is 1. The summed E-state index contributed by atoms with van der Waals surface area (Å²) in [6.07, 6.45) is 2.96. The Morgan fingerprint density at radius 2 is 1.81 bits per heavy atom. The van der Waals surface area contributed by atoms with Crippen molar-refractivity contribution in [3.63, 3.8) is 0 Å². The van der Waals surface area contributed by atoms with Crippen molar-refractivity contribution in [2.45, 2.75) is 4.90 Å². The first-order chi connectivity index (χ1) is 12.9. The minimum Gasteiger partial charge on any atom is -0.465 e. The van der Waals surface area contributed by atoms with Gasteiger partial charge in [0.15, 0.2) is 5.76 Å². The topological polar surface area (TPSA) is 82.8 Å². The molecule has 0 aliphatic carbocycles. The van der Waals surface area contributed by atoms with Gasteiger partial charge in [-0.2, -0.15) is 8.42 Å². The molecular weight excluding hydrogens is 436 g/mol. The van der Waals surface area contributed by atoms with Crippen molar-refractivity contribution < 1.29 is 26.5 Å². The Hall–Kier alpha value is -2.84. The Morgan fingerprint density at radius 1 is 1.04 bits per heavy atom. The highest BCUT2D eigenvalue weighted by Gasteiger charge is 2.29. The Balaban J connectivity index is 1.60. The first-order valence-corrected chi connectivity index (χ1v) is 9.94. The van der Waals surface area contributed by atoms with E-state index in [4.69, 9.17) is 13.3 Å². The Bertz CT molecular complexity index is 1150. The molecule has 1 aromatic heterocycles. The molecule has 27 heavy (non-hydrogen) atoms. The molecule has 0 atom stereocenters. The van der Waals surface area contributed by atoms with E-state index in [1.807, 2.05) is 0 Å². The van der Waals surface area contributed by atoms with Gasteiger partial charge in [-0.25, -0.2) is 0 Å². The number of allylic oxidation sites excluding steroid dienone is 1. The van der Waals surface area contributed by atoms with Gasteiger partial charge >= 0.3 is 10.1 Å². The van der Waals surface area contributed by atoms with Crippen LogP contribution in [0.25, 0.3) is 6.08 Å². The molecule has 2 heterocycles. The Morgan fingerprint density at radius 3 is 2.52 bits per heavy atom. The van der Waals surface area contributed by atoms with Gasteiger partial charge in [-0.05, 0) is 48.5 Å². The summed E-state index contributed by atoms with van der Waals surface area (Å²) in [4.78, 5) is 12.4. The summed E-state index contributed by atoms with van der Waals surface area (Å²) in [5, 5.41) is 0. The van der Waals surface area contributed by atoms with Crippen LogP contribution in [-0.2, 0) is 10.1 Å². The van der Waals surface area contributed by atoms with E-state index in [2.05, 4.69) is 15.9 Å². The number of hydrogen-bond acceptors (Lipinski definition) is 6. The molecule has 0 unspecified atom stereocenters. The number of ether oxygens (including phenoxy) is 1. The van der Waals surface area contributed by atoms with Crippen LogP contribution in [0.3, 0.4) is 0 Å². The van der Waals surface area contributed by atoms with Gasteiger partial charge in [0.2, 0.25) is 5.78 Å². The van der Waals surface area contributed by atoms with Crippen LogP contribution in [0.1, 0.15) is 16.1 Å². The number of carbonyl (C=O) groups excluding carboxylic acids is 1. The second-order valence-corrected chi connectivity index (χ2v) is 8.07. The van der Waals surface area contributed by atoms with Gasteiger partial charge in [0.1, 0.15) is 22.2 Å². The fourth-order valence-electron chi connectivity index (χ4n) is 2.50. The van der Waals surface area contributed by atoms with Crippen molar-refractivity contribution in [1.29, 1.82) is 0 Å². The molecule has 0 N–H and O–H groups in total. The zero-order chi connectivity index (χ0) is 19.0. The highest BCUT2D eigenvalue weighted by molar-refractivity contribution is 9.10. The Kier molecular flexibility index (Phi) is 4.37. The Labute approximate surface area is 163 Å². The first kappa shape index (κ1) is 17.6. The summed E-state index contributed by atoms with van der Waals surface area (Å²) >= 11 is 3.25. The number of halogens is 1. The van der Waals surface area contributed by atoms with E-state index >= 15 is 0 Å². The molecule has 8 heteroatoms. The van der Waals surface area contributed by atoms with Crippen molar-refractivity contribution >= 4 is 37.9 Å². The van der Waals surface area contributed by atoms with Gasteiger partial charge in [0.25, 0.3) is 0 Å². The average molecular weight is 447 g/mol. The normalized spacial score (nSPS) is 14.9. The van der Waals surface area contributed by atoms with Crippen LogP contribution in [0.4, 0.5) is 0 Å². The molecule has 0 saturated heterocycles. The van der Waals surface area contributed by atoms with Crippen molar-refractivity contribution in [2.75, 3.05) is 0 Å². The van der Waals surface area contributed by atoms with Crippen LogP contribution < -0.4 is 8.92 Å². The van der Waals surface area contributed by atoms with Gasteiger partial charge in [0.05, 0.1) is 11.8 Å². The lowest BCUT2D eigenvalue weighted by atomic mass is 10.1. The number of furan rings is 1. The zero-order valence-electron chi connectivity index (χ0n) is 13.6. The number of fused-ring (bicyclic) bond motifs is 1. The van der Waals surface area contributed by atoms with E-state index in [0.717, 1.165) is 4.47 Å². The standard InChI is InChI=1S/C19H11BrO6S/c20-12-3-6-15(7-4-12)27(22,23)26-14-5-8-16-17(11-14)25-18(19(16)21)10-13-2-1-9-24-13/h1-11H. The maximum atomic E-state index is 12.4. The third-order valence-corrected chi connectivity index (χ3v) is 5.56. The quantitative estimate of drug-likeness (QED) is 0.435. The van der Waals surface area contributed by atoms with Gasteiger partial charge in [-0.3, -0.25) is 4.79 Å². The zero-order valence-corrected chi connectivity index (χ0v) is 16.0. The maximum Gasteiger partial charge on any atom is 0.339 e. The van der Waals surface area contributed by atoms with Crippen LogP contribution in [0.2, 0.25) is 0 Å². The molecule has 1 aliphatic rings. The maximum absolute atomic E-state index is 12.4. The molecule has 0 saturated carbocycles. The molecule has 1 aliphatic heterocycles. The minimum atomic E-state index is -4.01. The number of Topliss-reactive ketones (excluding diaryl/α,β-unsaturated/α-hetero) is 1. The molecule has 0 amide bonds. The van der Waals surface area contributed by atoms with Crippen LogP contribution in [0.15, 0.2) is 80.4 Å². The summed E-state index contributed by atoms with van der Waals surface area (Å²) in [5.74, 6) is 0.516. The third-order valence-electron chi connectivity index (χ3n) is 3.77. The predicted molar refractivity (Wildman–Crippen MR) is 100 cm³/mol. The SMILES string of the molecule is O=C1C(=Cc2ccco2)Oc2cc(OS(=O)(=O)c3ccc(Br)cc3)ccc21. The summed E-state index contributed by atoms with van der Waals surface area (Å²) in [6, 6.07) is 13.7. The van der Waals surface area contributed by atoms with Crippen molar-refractivity contribution in [2.24, 2.45) is 0 Å². The van der Waals surface area contributed by atoms with Gasteiger partial charge in [0, 0.05) is 16.6 Å².